The van der Waals surface area contributed by atoms with Gasteiger partial charge >= 0.3 is 0 Å². The fourth-order valence-electron chi connectivity index (χ4n) is 2.70. The lowest BCUT2D eigenvalue weighted by atomic mass is 10.1. The second-order valence-corrected chi connectivity index (χ2v) is 8.38. The van der Waals surface area contributed by atoms with E-state index in [9.17, 15) is 8.42 Å². The average Bonchev–Trinajstić information content (AvgIpc) is 3.20. The van der Waals surface area contributed by atoms with Crippen LogP contribution in [0, 0.1) is 0 Å². The van der Waals surface area contributed by atoms with E-state index in [0.717, 1.165) is 5.56 Å². The lowest BCUT2D eigenvalue weighted by Gasteiger charge is -2.20. The van der Waals surface area contributed by atoms with E-state index in [1.54, 1.807) is 10.7 Å². The molecule has 1 heterocycles. The number of halogens is 1. The number of sulfonamides is 1. The van der Waals surface area contributed by atoms with Gasteiger partial charge in [-0.1, -0.05) is 30.3 Å². The second kappa shape index (κ2) is 8.72. The van der Waals surface area contributed by atoms with Gasteiger partial charge in [0.1, 0.15) is 17.6 Å². The molecule has 0 spiro atoms. The summed E-state index contributed by atoms with van der Waals surface area (Å²) in [5.74, 6) is 0.745. The van der Waals surface area contributed by atoms with Crippen molar-refractivity contribution < 1.29 is 17.9 Å². The van der Waals surface area contributed by atoms with E-state index < -0.39 is 16.1 Å². The summed E-state index contributed by atoms with van der Waals surface area (Å²) in [7, 11) is -0.955. The van der Waals surface area contributed by atoms with Crippen LogP contribution < -0.4 is 14.2 Å². The van der Waals surface area contributed by atoms with Gasteiger partial charge in [0.25, 0.3) is 0 Å². The Morgan fingerprint density at radius 1 is 1.14 bits per heavy atom. The number of methoxy groups -OCH3 is 2. The van der Waals surface area contributed by atoms with Crippen molar-refractivity contribution in [2.24, 2.45) is 0 Å². The molecule has 148 valence electrons. The van der Waals surface area contributed by atoms with Crippen molar-refractivity contribution in [3.8, 4) is 11.5 Å². The molecular formula is C18H19BrN4O4S. The zero-order valence-electron chi connectivity index (χ0n) is 15.2. The number of hydrogen-bond acceptors (Lipinski definition) is 6. The predicted molar refractivity (Wildman–Crippen MR) is 107 cm³/mol. The molecule has 3 rings (SSSR count). The van der Waals surface area contributed by atoms with Gasteiger partial charge in [-0.15, -0.1) is 0 Å². The molecular weight excluding hydrogens is 448 g/mol. The molecule has 1 unspecified atom stereocenters. The van der Waals surface area contributed by atoms with Crippen LogP contribution in [0.4, 0.5) is 0 Å². The summed E-state index contributed by atoms with van der Waals surface area (Å²) in [5.41, 5.74) is 0.804. The summed E-state index contributed by atoms with van der Waals surface area (Å²) in [6.07, 6.45) is 2.94. The van der Waals surface area contributed by atoms with Gasteiger partial charge in [0.2, 0.25) is 10.0 Å². The third-order valence-corrected chi connectivity index (χ3v) is 6.49. The summed E-state index contributed by atoms with van der Waals surface area (Å²) in [4.78, 5) is 3.96. The van der Waals surface area contributed by atoms with Crippen LogP contribution in [0.5, 0.6) is 11.5 Å². The molecule has 3 aromatic rings. The summed E-state index contributed by atoms with van der Waals surface area (Å²) < 4.78 is 41.4. The Morgan fingerprint density at radius 2 is 1.82 bits per heavy atom. The van der Waals surface area contributed by atoms with Crippen LogP contribution in [0.3, 0.4) is 0 Å². The molecule has 10 heteroatoms. The van der Waals surface area contributed by atoms with Crippen LogP contribution >= 0.6 is 15.9 Å². The van der Waals surface area contributed by atoms with E-state index in [4.69, 9.17) is 9.47 Å². The monoisotopic (exact) mass is 466 g/mol. The highest BCUT2D eigenvalue weighted by Crippen LogP contribution is 2.36. The highest BCUT2D eigenvalue weighted by atomic mass is 79.9. The van der Waals surface area contributed by atoms with Gasteiger partial charge in [-0.25, -0.2) is 18.1 Å². The lowest BCUT2D eigenvalue weighted by Crippen LogP contribution is -2.32. The first-order valence-electron chi connectivity index (χ1n) is 8.26. The van der Waals surface area contributed by atoms with Crippen LogP contribution in [0.2, 0.25) is 0 Å². The number of hydrogen-bond donors (Lipinski definition) is 1. The highest BCUT2D eigenvalue weighted by molar-refractivity contribution is 9.10. The highest BCUT2D eigenvalue weighted by Gasteiger charge is 2.26. The Hall–Kier alpha value is -2.43. The Morgan fingerprint density at radius 3 is 2.43 bits per heavy atom. The van der Waals surface area contributed by atoms with Crippen LogP contribution in [0.25, 0.3) is 0 Å². The molecule has 0 radical (unpaired) electrons. The average molecular weight is 467 g/mol. The molecule has 2 aromatic carbocycles. The number of ether oxygens (including phenoxy) is 2. The smallest absolute Gasteiger partial charge is 0.242 e. The van der Waals surface area contributed by atoms with Gasteiger partial charge in [-0.2, -0.15) is 5.10 Å². The molecule has 28 heavy (non-hydrogen) atoms. The fourth-order valence-corrected chi connectivity index (χ4v) is 4.95. The van der Waals surface area contributed by atoms with Gasteiger partial charge in [0.05, 0.1) is 26.8 Å². The molecule has 0 fully saturated rings. The van der Waals surface area contributed by atoms with Crippen molar-refractivity contribution in [1.82, 2.24) is 19.5 Å². The van der Waals surface area contributed by atoms with Crippen molar-refractivity contribution in [2.45, 2.75) is 17.5 Å². The van der Waals surface area contributed by atoms with Crippen LogP contribution in [-0.2, 0) is 16.6 Å². The number of nitrogens with zero attached hydrogens (tertiary/aromatic N) is 3. The van der Waals surface area contributed by atoms with E-state index in [1.165, 1.54) is 32.9 Å². The van der Waals surface area contributed by atoms with Crippen molar-refractivity contribution in [3.63, 3.8) is 0 Å². The standard InChI is InChI=1S/C18H19BrN4O4S/c1-26-16-8-14(19)18(9-17(16)27-2)28(24,25)22-15(10-23-12-20-11-21-23)13-6-4-3-5-7-13/h3-9,11-12,15,22H,10H2,1-2H3. The third-order valence-electron chi connectivity index (χ3n) is 4.06. The van der Waals surface area contributed by atoms with Crippen molar-refractivity contribution >= 4 is 26.0 Å². The SMILES string of the molecule is COc1cc(Br)c(S(=O)(=O)NC(Cn2cncn2)c2ccccc2)cc1OC. The van der Waals surface area contributed by atoms with Gasteiger partial charge in [0.15, 0.2) is 11.5 Å². The predicted octanol–water partition coefficient (Wildman–Crippen LogP) is 2.78. The molecule has 0 aliphatic carbocycles. The molecule has 0 saturated heterocycles. The maximum Gasteiger partial charge on any atom is 0.242 e. The van der Waals surface area contributed by atoms with Crippen LogP contribution in [-0.4, -0.2) is 37.4 Å². The summed E-state index contributed by atoms with van der Waals surface area (Å²) in [5, 5.41) is 4.08. The summed E-state index contributed by atoms with van der Waals surface area (Å²) in [6, 6.07) is 11.7. The first kappa shape index (κ1) is 20.3. The van der Waals surface area contributed by atoms with Gasteiger partial charge < -0.3 is 9.47 Å². The second-order valence-electron chi connectivity index (χ2n) is 5.84. The molecule has 0 saturated carbocycles. The van der Waals surface area contributed by atoms with Gasteiger partial charge in [-0.3, -0.25) is 4.68 Å². The van der Waals surface area contributed by atoms with Gasteiger partial charge in [-0.05, 0) is 27.6 Å². The molecule has 1 aromatic heterocycles. The topological polar surface area (TPSA) is 95.3 Å². The molecule has 0 amide bonds. The Kier molecular flexibility index (Phi) is 6.32. The van der Waals surface area contributed by atoms with Crippen LogP contribution in [0.1, 0.15) is 11.6 Å². The Labute approximate surface area is 171 Å². The zero-order valence-corrected chi connectivity index (χ0v) is 17.6. The quantitative estimate of drug-likeness (QED) is 0.548. The first-order chi connectivity index (χ1) is 13.4. The first-order valence-corrected chi connectivity index (χ1v) is 10.5. The largest absolute Gasteiger partial charge is 0.493 e. The number of nitrogens with one attached hydrogen (secondary N) is 1. The fraction of sp³-hybridized carbons (Fsp3) is 0.222. The van der Waals surface area contributed by atoms with E-state index >= 15 is 0 Å². The summed E-state index contributed by atoms with van der Waals surface area (Å²) in [6.45, 7) is 0.286. The van der Waals surface area contributed by atoms with Crippen molar-refractivity contribution in [2.75, 3.05) is 14.2 Å². The Balaban J connectivity index is 1.97. The van der Waals surface area contributed by atoms with Crippen LogP contribution in [0.15, 0.2) is 64.5 Å². The molecule has 0 bridgehead atoms. The number of aromatic nitrogens is 3. The number of benzene rings is 2. The number of rotatable bonds is 8. The third kappa shape index (κ3) is 4.51. The molecule has 1 N–H and O–H groups in total. The Bertz CT molecular complexity index is 1030. The molecule has 1 atom stereocenters. The normalized spacial score (nSPS) is 12.5. The van der Waals surface area contributed by atoms with E-state index in [-0.39, 0.29) is 11.4 Å². The van der Waals surface area contributed by atoms with E-state index in [2.05, 4.69) is 30.7 Å². The molecule has 8 nitrogen and oxygen atoms in total. The summed E-state index contributed by atoms with van der Waals surface area (Å²) >= 11 is 3.31. The maximum absolute atomic E-state index is 13.2. The van der Waals surface area contributed by atoms with Gasteiger partial charge in [0, 0.05) is 10.5 Å². The van der Waals surface area contributed by atoms with Crippen molar-refractivity contribution in [3.05, 3.63) is 65.2 Å². The van der Waals surface area contributed by atoms with Crippen molar-refractivity contribution in [1.29, 1.82) is 0 Å². The minimum atomic E-state index is -3.89. The maximum atomic E-state index is 13.2. The lowest BCUT2D eigenvalue weighted by molar-refractivity contribution is 0.353. The van der Waals surface area contributed by atoms with E-state index in [1.807, 2.05) is 30.3 Å². The minimum absolute atomic E-state index is 0.0460. The van der Waals surface area contributed by atoms with E-state index in [0.29, 0.717) is 16.0 Å². The molecule has 0 aliphatic rings. The minimum Gasteiger partial charge on any atom is -0.493 e. The molecule has 0 aliphatic heterocycles. The zero-order chi connectivity index (χ0) is 20.1.